The third-order valence-electron chi connectivity index (χ3n) is 4.01. The molecule has 0 fully saturated rings. The second-order valence-corrected chi connectivity index (χ2v) is 6.00. The van der Waals surface area contributed by atoms with Crippen LogP contribution in [-0.2, 0) is 11.3 Å². The second kappa shape index (κ2) is 9.59. The van der Waals surface area contributed by atoms with Crippen molar-refractivity contribution in [2.45, 2.75) is 19.5 Å². The van der Waals surface area contributed by atoms with E-state index in [0.717, 1.165) is 11.1 Å². The van der Waals surface area contributed by atoms with Gasteiger partial charge in [0.25, 0.3) is 0 Å². The maximum atomic E-state index is 12.5. The summed E-state index contributed by atoms with van der Waals surface area (Å²) in [5.74, 6) is 0.812. The van der Waals surface area contributed by atoms with Gasteiger partial charge < -0.3 is 15.2 Å². The molecular weight excluding hydrogens is 346 g/mol. The van der Waals surface area contributed by atoms with Crippen molar-refractivity contribution < 1.29 is 19.1 Å². The molecule has 27 heavy (non-hydrogen) atoms. The molecule has 0 unspecified atom stereocenters. The topological polar surface area (TPSA) is 93.9 Å². The van der Waals surface area contributed by atoms with Crippen LogP contribution in [0.15, 0.2) is 48.5 Å². The van der Waals surface area contributed by atoms with Crippen molar-refractivity contribution in [1.82, 2.24) is 10.2 Å². The van der Waals surface area contributed by atoms with Gasteiger partial charge in [0.1, 0.15) is 6.04 Å². The standard InChI is InChI=1S/C20H25N3O4/c1-4-27-16-11-10-14(12-17(16)26-3)13-23(2)18(19(24)22-20(21)25)15-8-6-5-7-9-15/h5-12,18H,4,13H2,1-3H3,(H3,21,22,24,25)/t18-/m1/s1. The summed E-state index contributed by atoms with van der Waals surface area (Å²) in [5.41, 5.74) is 6.82. The highest BCUT2D eigenvalue weighted by molar-refractivity contribution is 5.96. The molecule has 0 aliphatic carbocycles. The molecule has 0 bridgehead atoms. The molecule has 0 saturated carbocycles. The number of nitrogens with zero attached hydrogens (tertiary/aromatic N) is 1. The minimum atomic E-state index is -0.878. The minimum absolute atomic E-state index is 0.453. The van der Waals surface area contributed by atoms with Crippen LogP contribution in [0.25, 0.3) is 0 Å². The Hall–Kier alpha value is -3.06. The van der Waals surface area contributed by atoms with Crippen LogP contribution in [0.4, 0.5) is 4.79 Å². The molecule has 0 radical (unpaired) electrons. The van der Waals surface area contributed by atoms with E-state index in [4.69, 9.17) is 15.2 Å². The number of methoxy groups -OCH3 is 1. The molecule has 7 heteroatoms. The molecule has 0 aliphatic heterocycles. The minimum Gasteiger partial charge on any atom is -0.493 e. The van der Waals surface area contributed by atoms with E-state index < -0.39 is 18.0 Å². The lowest BCUT2D eigenvalue weighted by molar-refractivity contribution is -0.125. The number of benzene rings is 2. The zero-order valence-electron chi connectivity index (χ0n) is 15.8. The Morgan fingerprint density at radius 1 is 1.15 bits per heavy atom. The summed E-state index contributed by atoms with van der Waals surface area (Å²) in [5, 5.41) is 2.17. The van der Waals surface area contributed by atoms with Crippen LogP contribution in [0.2, 0.25) is 0 Å². The first kappa shape index (κ1) is 20.3. The quantitative estimate of drug-likeness (QED) is 0.743. The number of nitrogens with one attached hydrogen (secondary N) is 1. The summed E-state index contributed by atoms with van der Waals surface area (Å²) in [6.07, 6.45) is 0. The van der Waals surface area contributed by atoms with Gasteiger partial charge in [-0.15, -0.1) is 0 Å². The number of urea groups is 1. The molecule has 0 saturated heterocycles. The maximum Gasteiger partial charge on any atom is 0.318 e. The molecule has 144 valence electrons. The predicted octanol–water partition coefficient (Wildman–Crippen LogP) is 2.46. The van der Waals surface area contributed by atoms with Gasteiger partial charge in [0, 0.05) is 6.54 Å². The molecule has 0 heterocycles. The Morgan fingerprint density at radius 2 is 1.85 bits per heavy atom. The number of rotatable bonds is 8. The van der Waals surface area contributed by atoms with Gasteiger partial charge in [-0.3, -0.25) is 15.0 Å². The normalized spacial score (nSPS) is 11.7. The van der Waals surface area contributed by atoms with Gasteiger partial charge in [0.05, 0.1) is 13.7 Å². The zero-order chi connectivity index (χ0) is 19.8. The molecule has 3 amide bonds. The maximum absolute atomic E-state index is 12.5. The average molecular weight is 371 g/mol. The van der Waals surface area contributed by atoms with Crippen LogP contribution < -0.4 is 20.5 Å². The summed E-state index contributed by atoms with van der Waals surface area (Å²) >= 11 is 0. The van der Waals surface area contributed by atoms with Gasteiger partial charge in [0.2, 0.25) is 5.91 Å². The lowest BCUT2D eigenvalue weighted by Crippen LogP contribution is -2.43. The molecule has 2 aromatic carbocycles. The van der Waals surface area contributed by atoms with E-state index in [-0.39, 0.29) is 0 Å². The second-order valence-electron chi connectivity index (χ2n) is 6.00. The van der Waals surface area contributed by atoms with Crippen LogP contribution >= 0.6 is 0 Å². The SMILES string of the molecule is CCOc1ccc(CN(C)[C@@H](C(=O)NC(N)=O)c2ccccc2)cc1OC. The van der Waals surface area contributed by atoms with E-state index in [1.807, 2.05) is 60.4 Å². The number of imide groups is 1. The van der Waals surface area contributed by atoms with E-state index in [1.54, 1.807) is 14.2 Å². The van der Waals surface area contributed by atoms with Crippen LogP contribution in [0.1, 0.15) is 24.1 Å². The number of ether oxygens (including phenoxy) is 2. The van der Waals surface area contributed by atoms with Crippen LogP contribution in [0.5, 0.6) is 11.5 Å². The number of hydrogen-bond donors (Lipinski definition) is 2. The summed E-state index contributed by atoms with van der Waals surface area (Å²) in [6.45, 7) is 2.90. The fourth-order valence-corrected chi connectivity index (χ4v) is 2.90. The van der Waals surface area contributed by atoms with Crippen molar-refractivity contribution >= 4 is 11.9 Å². The first-order chi connectivity index (χ1) is 13.0. The third-order valence-corrected chi connectivity index (χ3v) is 4.01. The average Bonchev–Trinajstić information content (AvgIpc) is 2.63. The summed E-state index contributed by atoms with van der Waals surface area (Å²) < 4.78 is 10.9. The molecule has 3 N–H and O–H groups in total. The Labute approximate surface area is 159 Å². The molecule has 7 nitrogen and oxygen atoms in total. The molecule has 0 aliphatic rings. The highest BCUT2D eigenvalue weighted by Crippen LogP contribution is 2.29. The number of carbonyl (C=O) groups excluding carboxylic acids is 2. The fraction of sp³-hybridized carbons (Fsp3) is 0.300. The predicted molar refractivity (Wildman–Crippen MR) is 103 cm³/mol. The Kier molecular flexibility index (Phi) is 7.19. The fourth-order valence-electron chi connectivity index (χ4n) is 2.90. The number of amides is 3. The first-order valence-corrected chi connectivity index (χ1v) is 8.61. The van der Waals surface area contributed by atoms with E-state index in [0.29, 0.717) is 24.7 Å². The molecular formula is C20H25N3O4. The largest absolute Gasteiger partial charge is 0.493 e. The van der Waals surface area contributed by atoms with Crippen LogP contribution in [0, 0.1) is 0 Å². The van der Waals surface area contributed by atoms with Crippen molar-refractivity contribution in [3.05, 3.63) is 59.7 Å². The van der Waals surface area contributed by atoms with Gasteiger partial charge in [-0.1, -0.05) is 36.4 Å². The van der Waals surface area contributed by atoms with Crippen LogP contribution in [-0.4, -0.2) is 37.6 Å². The molecule has 0 spiro atoms. The number of carbonyl (C=O) groups is 2. The van der Waals surface area contributed by atoms with E-state index in [9.17, 15) is 9.59 Å². The zero-order valence-corrected chi connectivity index (χ0v) is 15.8. The lowest BCUT2D eigenvalue weighted by Gasteiger charge is -2.27. The Balaban J connectivity index is 2.26. The number of likely N-dealkylation sites (N-methyl/N-ethyl adjacent to an activating group) is 1. The third kappa shape index (κ3) is 5.46. The van der Waals surface area contributed by atoms with E-state index >= 15 is 0 Å². The highest BCUT2D eigenvalue weighted by Gasteiger charge is 2.26. The van der Waals surface area contributed by atoms with Crippen LogP contribution in [0.3, 0.4) is 0 Å². The first-order valence-electron chi connectivity index (χ1n) is 8.61. The van der Waals surface area contributed by atoms with E-state index in [2.05, 4.69) is 5.32 Å². The van der Waals surface area contributed by atoms with Crippen molar-refractivity contribution in [2.24, 2.45) is 5.73 Å². The smallest absolute Gasteiger partial charge is 0.318 e. The molecule has 2 aromatic rings. The summed E-state index contributed by atoms with van der Waals surface area (Å²) in [7, 11) is 3.39. The van der Waals surface area contributed by atoms with Crippen molar-refractivity contribution in [3.8, 4) is 11.5 Å². The van der Waals surface area contributed by atoms with E-state index in [1.165, 1.54) is 0 Å². The molecule has 2 rings (SSSR count). The highest BCUT2D eigenvalue weighted by atomic mass is 16.5. The van der Waals surface area contributed by atoms with Gasteiger partial charge in [-0.2, -0.15) is 0 Å². The molecule has 0 aromatic heterocycles. The van der Waals surface area contributed by atoms with Crippen molar-refractivity contribution in [1.29, 1.82) is 0 Å². The Bertz CT molecular complexity index is 780. The lowest BCUT2D eigenvalue weighted by atomic mass is 10.0. The van der Waals surface area contributed by atoms with Gasteiger partial charge in [0.15, 0.2) is 11.5 Å². The number of primary amides is 1. The van der Waals surface area contributed by atoms with Gasteiger partial charge in [-0.25, -0.2) is 4.79 Å². The summed E-state index contributed by atoms with van der Waals surface area (Å²) in [4.78, 5) is 25.5. The van der Waals surface area contributed by atoms with Crippen molar-refractivity contribution in [3.63, 3.8) is 0 Å². The Morgan fingerprint density at radius 3 is 2.44 bits per heavy atom. The summed E-state index contributed by atoms with van der Waals surface area (Å²) in [6, 6.07) is 13.3. The number of nitrogens with two attached hydrogens (primary N) is 1. The molecule has 1 atom stereocenters. The van der Waals surface area contributed by atoms with Gasteiger partial charge >= 0.3 is 6.03 Å². The van der Waals surface area contributed by atoms with Gasteiger partial charge in [-0.05, 0) is 37.2 Å². The monoisotopic (exact) mass is 371 g/mol. The number of hydrogen-bond acceptors (Lipinski definition) is 5. The van der Waals surface area contributed by atoms with Crippen molar-refractivity contribution in [2.75, 3.05) is 20.8 Å².